The van der Waals surface area contributed by atoms with Crippen molar-refractivity contribution in [2.45, 2.75) is 6.61 Å². The summed E-state index contributed by atoms with van der Waals surface area (Å²) in [6.07, 6.45) is 1.66. The van der Waals surface area contributed by atoms with E-state index >= 15 is 0 Å². The molecule has 0 aliphatic rings. The summed E-state index contributed by atoms with van der Waals surface area (Å²) < 4.78 is 5.72. The molecular formula is C15H14N6O. The quantitative estimate of drug-likeness (QED) is 0.537. The summed E-state index contributed by atoms with van der Waals surface area (Å²) in [5, 5.41) is 17.2. The first kappa shape index (κ1) is 13.7. The van der Waals surface area contributed by atoms with Gasteiger partial charge in [-0.25, -0.2) is 5.43 Å². The second kappa shape index (κ2) is 6.98. The minimum atomic E-state index is 0.319. The van der Waals surface area contributed by atoms with E-state index in [0.717, 1.165) is 16.9 Å². The lowest BCUT2D eigenvalue weighted by Gasteiger charge is -2.06. The lowest BCUT2D eigenvalue weighted by atomic mass is 10.2. The second-order valence-corrected chi connectivity index (χ2v) is 4.45. The van der Waals surface area contributed by atoms with Crippen molar-refractivity contribution in [1.82, 2.24) is 20.6 Å². The summed E-state index contributed by atoms with van der Waals surface area (Å²) in [5.74, 6) is 1.13. The molecule has 0 aliphatic heterocycles. The molecule has 0 unspecified atom stereocenters. The van der Waals surface area contributed by atoms with E-state index in [2.05, 4.69) is 31.2 Å². The molecule has 1 aromatic heterocycles. The molecule has 3 aromatic rings. The van der Waals surface area contributed by atoms with Crippen molar-refractivity contribution >= 4 is 12.2 Å². The largest absolute Gasteiger partial charge is 0.489 e. The topological polar surface area (TPSA) is 88.1 Å². The zero-order valence-corrected chi connectivity index (χ0v) is 11.7. The van der Waals surface area contributed by atoms with E-state index in [0.29, 0.717) is 12.6 Å². The van der Waals surface area contributed by atoms with Gasteiger partial charge in [-0.2, -0.15) is 10.3 Å². The van der Waals surface area contributed by atoms with Crippen LogP contribution in [0.25, 0.3) is 0 Å². The molecule has 22 heavy (non-hydrogen) atoms. The van der Waals surface area contributed by atoms with E-state index in [1.807, 2.05) is 54.6 Å². The SMILES string of the molecule is C(=N/Nc1nn[nH]n1)/c1ccc(OCc2ccccc2)cc1. The molecule has 0 spiro atoms. The average molecular weight is 294 g/mol. The number of rotatable bonds is 6. The minimum absolute atomic E-state index is 0.319. The standard InChI is InChI=1S/C15H14N6O/c1-2-4-13(5-3-1)11-22-14-8-6-12(7-9-14)10-16-17-15-18-20-21-19-15/h1-10H,11H2,(H2,17,18,19,20,21)/b16-10-. The van der Waals surface area contributed by atoms with Crippen LogP contribution >= 0.6 is 0 Å². The van der Waals surface area contributed by atoms with Crippen molar-refractivity contribution in [3.63, 3.8) is 0 Å². The van der Waals surface area contributed by atoms with E-state index in [4.69, 9.17) is 4.74 Å². The van der Waals surface area contributed by atoms with E-state index in [9.17, 15) is 0 Å². The van der Waals surface area contributed by atoms with Crippen LogP contribution in [0.4, 0.5) is 5.95 Å². The highest BCUT2D eigenvalue weighted by molar-refractivity contribution is 5.80. The summed E-state index contributed by atoms with van der Waals surface area (Å²) in [6, 6.07) is 17.7. The fraction of sp³-hybridized carbons (Fsp3) is 0.0667. The molecule has 7 heteroatoms. The molecule has 0 saturated heterocycles. The number of aromatic amines is 1. The Bertz CT molecular complexity index is 710. The predicted molar refractivity (Wildman–Crippen MR) is 82.6 cm³/mol. The van der Waals surface area contributed by atoms with Gasteiger partial charge in [0.2, 0.25) is 0 Å². The average Bonchev–Trinajstić information content (AvgIpc) is 3.08. The van der Waals surface area contributed by atoms with Gasteiger partial charge in [-0.05, 0) is 40.6 Å². The van der Waals surface area contributed by atoms with Crippen molar-refractivity contribution in [2.75, 3.05) is 5.43 Å². The van der Waals surface area contributed by atoms with Gasteiger partial charge in [0.1, 0.15) is 12.4 Å². The van der Waals surface area contributed by atoms with Gasteiger partial charge in [0.05, 0.1) is 6.21 Å². The number of ether oxygens (including phenoxy) is 1. The van der Waals surface area contributed by atoms with Crippen LogP contribution in [0.15, 0.2) is 59.7 Å². The first-order chi connectivity index (χ1) is 10.9. The van der Waals surface area contributed by atoms with E-state index in [-0.39, 0.29) is 0 Å². The third-order valence-electron chi connectivity index (χ3n) is 2.85. The Morgan fingerprint density at radius 3 is 2.64 bits per heavy atom. The first-order valence-electron chi connectivity index (χ1n) is 6.69. The van der Waals surface area contributed by atoms with Gasteiger partial charge in [-0.1, -0.05) is 35.4 Å². The molecule has 0 saturated carbocycles. The summed E-state index contributed by atoms with van der Waals surface area (Å²) >= 11 is 0. The van der Waals surface area contributed by atoms with Gasteiger partial charge in [0, 0.05) is 0 Å². The van der Waals surface area contributed by atoms with Gasteiger partial charge >= 0.3 is 0 Å². The number of H-pyrrole nitrogens is 1. The Labute approximate surface area is 127 Å². The Morgan fingerprint density at radius 2 is 1.91 bits per heavy atom. The molecule has 110 valence electrons. The molecule has 2 N–H and O–H groups in total. The van der Waals surface area contributed by atoms with Crippen LogP contribution < -0.4 is 10.2 Å². The summed E-state index contributed by atoms with van der Waals surface area (Å²) in [5.41, 5.74) is 4.73. The smallest absolute Gasteiger partial charge is 0.283 e. The molecule has 3 rings (SSSR count). The van der Waals surface area contributed by atoms with Crippen LogP contribution in [0, 0.1) is 0 Å². The Balaban J connectivity index is 1.52. The molecule has 0 atom stereocenters. The lowest BCUT2D eigenvalue weighted by molar-refractivity contribution is 0.306. The number of nitrogens with one attached hydrogen (secondary N) is 2. The zero-order chi connectivity index (χ0) is 15.0. The third-order valence-corrected chi connectivity index (χ3v) is 2.85. The van der Waals surface area contributed by atoms with Gasteiger partial charge in [-0.15, -0.1) is 5.10 Å². The molecule has 7 nitrogen and oxygen atoms in total. The summed E-state index contributed by atoms with van der Waals surface area (Å²) in [7, 11) is 0. The van der Waals surface area contributed by atoms with Crippen LogP contribution in [0.5, 0.6) is 5.75 Å². The van der Waals surface area contributed by atoms with Crippen molar-refractivity contribution in [3.05, 3.63) is 65.7 Å². The Kier molecular flexibility index (Phi) is 4.36. The molecular weight excluding hydrogens is 280 g/mol. The molecule has 2 aromatic carbocycles. The van der Waals surface area contributed by atoms with Gasteiger partial charge in [0.25, 0.3) is 5.95 Å². The van der Waals surface area contributed by atoms with Gasteiger partial charge in [0.15, 0.2) is 0 Å². The number of hydrazone groups is 1. The maximum Gasteiger partial charge on any atom is 0.283 e. The second-order valence-electron chi connectivity index (χ2n) is 4.45. The van der Waals surface area contributed by atoms with E-state index < -0.39 is 0 Å². The number of anilines is 1. The monoisotopic (exact) mass is 294 g/mol. The normalized spacial score (nSPS) is 10.7. The number of nitrogens with zero attached hydrogens (tertiary/aromatic N) is 4. The van der Waals surface area contributed by atoms with Crippen LogP contribution in [0.2, 0.25) is 0 Å². The predicted octanol–water partition coefficient (Wildman–Crippen LogP) is 2.22. The molecule has 0 bridgehead atoms. The molecule has 0 aliphatic carbocycles. The molecule has 0 radical (unpaired) electrons. The maximum absolute atomic E-state index is 5.72. The number of hydrogen-bond acceptors (Lipinski definition) is 6. The Hall–Kier alpha value is -3.22. The van der Waals surface area contributed by atoms with Crippen molar-refractivity contribution in [3.8, 4) is 5.75 Å². The van der Waals surface area contributed by atoms with Gasteiger partial charge in [-0.3, -0.25) is 0 Å². The van der Waals surface area contributed by atoms with Crippen LogP contribution in [0.3, 0.4) is 0 Å². The third kappa shape index (κ3) is 3.89. The van der Waals surface area contributed by atoms with Crippen LogP contribution in [-0.4, -0.2) is 26.8 Å². The van der Waals surface area contributed by atoms with Crippen molar-refractivity contribution < 1.29 is 4.74 Å². The fourth-order valence-electron chi connectivity index (χ4n) is 1.76. The number of benzene rings is 2. The zero-order valence-electron chi connectivity index (χ0n) is 11.7. The molecule has 0 fully saturated rings. The van der Waals surface area contributed by atoms with Crippen LogP contribution in [0.1, 0.15) is 11.1 Å². The van der Waals surface area contributed by atoms with Gasteiger partial charge < -0.3 is 4.74 Å². The first-order valence-corrected chi connectivity index (χ1v) is 6.69. The van der Waals surface area contributed by atoms with E-state index in [1.165, 1.54) is 0 Å². The Morgan fingerprint density at radius 1 is 1.09 bits per heavy atom. The van der Waals surface area contributed by atoms with E-state index in [1.54, 1.807) is 6.21 Å². The van der Waals surface area contributed by atoms with Crippen molar-refractivity contribution in [1.29, 1.82) is 0 Å². The number of aromatic nitrogens is 4. The minimum Gasteiger partial charge on any atom is -0.489 e. The highest BCUT2D eigenvalue weighted by Gasteiger charge is 1.96. The highest BCUT2D eigenvalue weighted by Crippen LogP contribution is 2.13. The maximum atomic E-state index is 5.72. The highest BCUT2D eigenvalue weighted by atomic mass is 16.5. The fourth-order valence-corrected chi connectivity index (χ4v) is 1.76. The van der Waals surface area contributed by atoms with Crippen LogP contribution in [-0.2, 0) is 6.61 Å². The molecule has 0 amide bonds. The molecule has 1 heterocycles. The number of hydrogen-bond donors (Lipinski definition) is 2. The summed E-state index contributed by atoms with van der Waals surface area (Å²) in [6.45, 7) is 0.549. The van der Waals surface area contributed by atoms with Crippen molar-refractivity contribution in [2.24, 2.45) is 5.10 Å². The lowest BCUT2D eigenvalue weighted by Crippen LogP contribution is -1.95. The number of tetrazole rings is 1. The summed E-state index contributed by atoms with van der Waals surface area (Å²) in [4.78, 5) is 0.